The molecular formula is C19H20ClN6O4P. The van der Waals surface area contributed by atoms with E-state index in [9.17, 15) is 9.67 Å². The highest BCUT2D eigenvalue weighted by atomic mass is 35.5. The monoisotopic (exact) mass is 462 g/mol. The average Bonchev–Trinajstić information content (AvgIpc) is 3.35. The lowest BCUT2D eigenvalue weighted by molar-refractivity contribution is -0.0527. The Morgan fingerprint density at radius 2 is 2.23 bits per heavy atom. The summed E-state index contributed by atoms with van der Waals surface area (Å²) < 4.78 is 26.7. The number of aliphatic hydroxyl groups is 1. The molecule has 31 heavy (non-hydrogen) atoms. The Hall–Kier alpha value is -2.70. The molecule has 0 aliphatic carbocycles. The van der Waals surface area contributed by atoms with Crippen molar-refractivity contribution < 1.29 is 19.1 Å². The van der Waals surface area contributed by atoms with Crippen molar-refractivity contribution in [3.8, 4) is 11.8 Å². The van der Waals surface area contributed by atoms with Crippen LogP contribution in [0.5, 0.6) is 5.75 Å². The summed E-state index contributed by atoms with van der Waals surface area (Å²) in [5.41, 5.74) is 6.65. The Kier molecular flexibility index (Phi) is 6.39. The minimum Gasteiger partial charge on any atom is -0.479 e. The van der Waals surface area contributed by atoms with E-state index in [0.717, 1.165) is 0 Å². The second-order valence-corrected chi connectivity index (χ2v) is 9.45. The number of hydrogen-bond donors (Lipinski definition) is 2. The van der Waals surface area contributed by atoms with Gasteiger partial charge in [0.05, 0.1) is 17.4 Å². The fourth-order valence-electron chi connectivity index (χ4n) is 3.53. The third-order valence-electron chi connectivity index (χ3n) is 5.01. The second kappa shape index (κ2) is 9.20. The summed E-state index contributed by atoms with van der Waals surface area (Å²) in [4.78, 5) is 12.3. The van der Waals surface area contributed by atoms with Crippen LogP contribution in [0.3, 0.4) is 0 Å². The molecule has 1 aliphatic rings. The highest BCUT2D eigenvalue weighted by Gasteiger charge is 2.43. The van der Waals surface area contributed by atoms with Gasteiger partial charge in [-0.3, -0.25) is 4.57 Å². The van der Waals surface area contributed by atoms with Crippen LogP contribution in [-0.4, -0.2) is 48.8 Å². The number of aromatic nitrogens is 4. The maximum absolute atomic E-state index is 13.0. The first-order chi connectivity index (χ1) is 15.0. The molecule has 0 amide bonds. The number of halogens is 1. The molecular weight excluding hydrogens is 443 g/mol. The smallest absolute Gasteiger partial charge is 0.175 e. The molecule has 1 fully saturated rings. The van der Waals surface area contributed by atoms with Crippen LogP contribution in [0.1, 0.15) is 19.1 Å². The minimum atomic E-state index is -2.41. The third kappa shape index (κ3) is 4.36. The summed E-state index contributed by atoms with van der Waals surface area (Å²) in [6, 6.07) is 8.84. The predicted molar refractivity (Wildman–Crippen MR) is 114 cm³/mol. The van der Waals surface area contributed by atoms with E-state index in [0.29, 0.717) is 21.9 Å². The molecule has 4 rings (SSSR count). The van der Waals surface area contributed by atoms with E-state index in [1.165, 1.54) is 12.7 Å². The lowest BCUT2D eigenvalue weighted by Crippen LogP contribution is -2.29. The molecule has 0 saturated carbocycles. The molecule has 1 aromatic carbocycles. The molecule has 2 aromatic heterocycles. The van der Waals surface area contributed by atoms with Crippen molar-refractivity contribution in [1.29, 1.82) is 5.26 Å². The number of anilines is 1. The minimum absolute atomic E-state index is 0.126. The van der Waals surface area contributed by atoms with Gasteiger partial charge >= 0.3 is 0 Å². The van der Waals surface area contributed by atoms with E-state index in [4.69, 9.17) is 32.1 Å². The number of aliphatic hydroxyl groups excluding tert-OH is 1. The molecule has 10 nitrogen and oxygen atoms in total. The topological polar surface area (TPSA) is 149 Å². The number of rotatable bonds is 7. The van der Waals surface area contributed by atoms with Gasteiger partial charge in [0.15, 0.2) is 23.5 Å². The molecule has 0 bridgehead atoms. The van der Waals surface area contributed by atoms with Gasteiger partial charge in [-0.05, 0) is 12.1 Å². The summed E-state index contributed by atoms with van der Waals surface area (Å²) in [5, 5.41) is 20.0. The molecule has 3 aromatic rings. The van der Waals surface area contributed by atoms with Crippen molar-refractivity contribution >= 4 is 36.4 Å². The first kappa shape index (κ1) is 21.5. The zero-order valence-corrected chi connectivity index (χ0v) is 18.0. The van der Waals surface area contributed by atoms with E-state index >= 15 is 0 Å². The van der Waals surface area contributed by atoms with Crippen LogP contribution < -0.4 is 10.5 Å². The van der Waals surface area contributed by atoms with Crippen LogP contribution in [0.4, 0.5) is 5.82 Å². The number of imidazole rings is 1. The zero-order chi connectivity index (χ0) is 22.0. The second-order valence-electron chi connectivity index (χ2n) is 7.04. The number of hydrogen-bond acceptors (Lipinski definition) is 9. The van der Waals surface area contributed by atoms with Crippen molar-refractivity contribution in [1.82, 2.24) is 19.5 Å². The molecule has 12 heteroatoms. The van der Waals surface area contributed by atoms with Gasteiger partial charge in [-0.15, -0.1) is 0 Å². The molecule has 0 radical (unpaired) electrons. The van der Waals surface area contributed by atoms with Crippen LogP contribution >= 0.6 is 19.4 Å². The van der Waals surface area contributed by atoms with Crippen molar-refractivity contribution in [2.75, 3.05) is 11.9 Å². The number of para-hydroxylation sites is 1. The molecule has 5 atom stereocenters. The van der Waals surface area contributed by atoms with E-state index in [2.05, 4.69) is 15.0 Å². The van der Waals surface area contributed by atoms with Crippen LogP contribution in [0.25, 0.3) is 11.2 Å². The fourth-order valence-corrected chi connectivity index (χ4v) is 5.24. The Balaban J connectivity index is 1.61. The van der Waals surface area contributed by atoms with Gasteiger partial charge in [0.1, 0.15) is 37.6 Å². The van der Waals surface area contributed by atoms with Crippen molar-refractivity contribution in [2.24, 2.45) is 0 Å². The molecule has 2 unspecified atom stereocenters. The number of fused-ring (bicyclic) bond motifs is 1. The van der Waals surface area contributed by atoms with Crippen LogP contribution in [-0.2, 0) is 9.30 Å². The Labute approximate surface area is 183 Å². The Morgan fingerprint density at radius 1 is 1.42 bits per heavy atom. The Bertz CT molecular complexity index is 1150. The number of ether oxygens (including phenoxy) is 2. The van der Waals surface area contributed by atoms with Crippen molar-refractivity contribution in [3.63, 3.8) is 0 Å². The van der Waals surface area contributed by atoms with E-state index in [1.54, 1.807) is 28.8 Å². The van der Waals surface area contributed by atoms with Gasteiger partial charge in [-0.1, -0.05) is 23.7 Å². The highest BCUT2D eigenvalue weighted by molar-refractivity contribution is 7.45. The summed E-state index contributed by atoms with van der Waals surface area (Å²) in [6.45, 7) is 0. The van der Waals surface area contributed by atoms with Gasteiger partial charge in [-0.2, -0.15) is 5.26 Å². The molecule has 1 saturated heterocycles. The Morgan fingerprint density at radius 3 is 3.00 bits per heavy atom. The van der Waals surface area contributed by atoms with E-state index in [-0.39, 0.29) is 24.8 Å². The predicted octanol–water partition coefficient (Wildman–Crippen LogP) is 2.59. The number of nitrogens with two attached hydrogens (primary N) is 1. The number of nitrogens with zero attached hydrogens (tertiary/aromatic N) is 5. The number of nitriles is 1. The quantitative estimate of drug-likeness (QED) is 0.505. The molecule has 162 valence electrons. The SMILES string of the molecule is N#CCC[PH](=O)C(Oc1ccccc1Cl)[C@@H]1C[C@@H](O)[C@H](n2cnc3c(N)ncnc32)O1. The van der Waals surface area contributed by atoms with Gasteiger partial charge in [0.2, 0.25) is 0 Å². The molecule has 0 spiro atoms. The van der Waals surface area contributed by atoms with Crippen molar-refractivity contribution in [3.05, 3.63) is 41.9 Å². The normalized spacial score (nSPS) is 22.8. The maximum Gasteiger partial charge on any atom is 0.175 e. The molecule has 1 aliphatic heterocycles. The summed E-state index contributed by atoms with van der Waals surface area (Å²) >= 11 is 6.21. The summed E-state index contributed by atoms with van der Waals surface area (Å²) in [7, 11) is -2.41. The van der Waals surface area contributed by atoms with Gasteiger partial charge < -0.3 is 24.9 Å². The van der Waals surface area contributed by atoms with Crippen LogP contribution in [0.2, 0.25) is 5.02 Å². The number of benzene rings is 1. The van der Waals surface area contributed by atoms with Gasteiger partial charge in [-0.25, -0.2) is 15.0 Å². The highest BCUT2D eigenvalue weighted by Crippen LogP contribution is 2.42. The number of nitrogen functional groups attached to an aromatic ring is 1. The van der Waals surface area contributed by atoms with Gasteiger partial charge in [0.25, 0.3) is 0 Å². The van der Waals surface area contributed by atoms with Crippen LogP contribution in [0, 0.1) is 11.3 Å². The largest absolute Gasteiger partial charge is 0.479 e. The molecule has 3 N–H and O–H groups in total. The average molecular weight is 463 g/mol. The first-order valence-electron chi connectivity index (χ1n) is 9.57. The summed E-state index contributed by atoms with van der Waals surface area (Å²) in [5.74, 6) is -0.290. The van der Waals surface area contributed by atoms with Gasteiger partial charge in [0, 0.05) is 19.0 Å². The maximum atomic E-state index is 13.0. The third-order valence-corrected chi connectivity index (χ3v) is 7.19. The zero-order valence-electron chi connectivity index (χ0n) is 16.3. The van der Waals surface area contributed by atoms with Crippen LogP contribution in [0.15, 0.2) is 36.9 Å². The lowest BCUT2D eigenvalue weighted by Gasteiger charge is -2.25. The lowest BCUT2D eigenvalue weighted by atomic mass is 10.2. The molecule has 3 heterocycles. The fraction of sp³-hybridized carbons (Fsp3) is 0.368. The van der Waals surface area contributed by atoms with Crippen molar-refractivity contribution in [2.45, 2.75) is 37.1 Å². The first-order valence-corrected chi connectivity index (χ1v) is 11.6. The van der Waals surface area contributed by atoms with E-state index in [1.807, 2.05) is 6.07 Å². The van der Waals surface area contributed by atoms with E-state index < -0.39 is 32.1 Å². The standard InChI is InChI=1S/C19H20ClN6O4P/c20-11-4-1-2-5-13(11)30-19(31(28)7-3-6-21)14-8-12(27)18(29-14)26-10-25-15-16(22)23-9-24-17(15)26/h1-2,4-5,9-10,12,14,18-19,27,31H,3,7-8H2,(H2,22,23,24)/t12-,14+,18-,19?/m1/s1. The summed E-state index contributed by atoms with van der Waals surface area (Å²) in [6.07, 6.45) is 0.790.